The maximum atomic E-state index is 12.4. The van der Waals surface area contributed by atoms with E-state index in [-0.39, 0.29) is 24.5 Å². The van der Waals surface area contributed by atoms with Gasteiger partial charge in [0.1, 0.15) is 17.3 Å². The lowest BCUT2D eigenvalue weighted by molar-refractivity contribution is -0.125. The van der Waals surface area contributed by atoms with E-state index in [1.807, 2.05) is 6.92 Å². The average molecular weight is 401 g/mol. The molecule has 0 aliphatic carbocycles. The summed E-state index contributed by atoms with van der Waals surface area (Å²) in [5.41, 5.74) is 0.727. The number of methoxy groups -OCH3 is 1. The average Bonchev–Trinajstić information content (AvgIpc) is 3.06. The smallest absolute Gasteiger partial charge is 0.263 e. The second kappa shape index (κ2) is 9.42. The van der Waals surface area contributed by atoms with Crippen molar-refractivity contribution in [1.82, 2.24) is 20.4 Å². The molecule has 1 aromatic heterocycles. The molecule has 2 unspecified atom stereocenters. The number of hydrogen-bond acceptors (Lipinski definition) is 6. The minimum Gasteiger partial charge on any atom is -0.497 e. The molecule has 2 atom stereocenters. The SMILES string of the molecule is CCCC1CC(=O)NC(n2nc(C)cc2NC(=O)COc2ccc(OC)cc2)N1. The number of nitrogens with one attached hydrogen (secondary N) is 3. The third-order valence-electron chi connectivity index (χ3n) is 4.56. The molecular formula is C20H27N5O4. The Bertz CT molecular complexity index is 849. The normalized spacial score (nSPS) is 18.8. The van der Waals surface area contributed by atoms with Crippen LogP contribution >= 0.6 is 0 Å². The summed E-state index contributed by atoms with van der Waals surface area (Å²) < 4.78 is 12.2. The molecule has 1 aliphatic rings. The van der Waals surface area contributed by atoms with E-state index >= 15 is 0 Å². The zero-order chi connectivity index (χ0) is 20.8. The second-order valence-corrected chi connectivity index (χ2v) is 6.95. The van der Waals surface area contributed by atoms with Crippen molar-refractivity contribution < 1.29 is 19.1 Å². The molecule has 1 aromatic carbocycles. The molecule has 3 rings (SSSR count). The molecule has 9 heteroatoms. The van der Waals surface area contributed by atoms with Crippen LogP contribution in [0.15, 0.2) is 30.3 Å². The van der Waals surface area contributed by atoms with Crippen LogP contribution in [0.5, 0.6) is 11.5 Å². The van der Waals surface area contributed by atoms with Gasteiger partial charge < -0.3 is 20.1 Å². The highest BCUT2D eigenvalue weighted by Gasteiger charge is 2.28. The first kappa shape index (κ1) is 20.7. The predicted molar refractivity (Wildman–Crippen MR) is 108 cm³/mol. The number of ether oxygens (including phenoxy) is 2. The Labute approximate surface area is 169 Å². The molecule has 1 fully saturated rings. The molecule has 3 N–H and O–H groups in total. The number of aromatic nitrogens is 2. The highest BCUT2D eigenvalue weighted by Crippen LogP contribution is 2.19. The van der Waals surface area contributed by atoms with Crippen molar-refractivity contribution in [2.75, 3.05) is 19.0 Å². The van der Waals surface area contributed by atoms with E-state index in [2.05, 4.69) is 28.0 Å². The molecule has 2 aromatic rings. The van der Waals surface area contributed by atoms with Crippen LogP contribution < -0.4 is 25.4 Å². The summed E-state index contributed by atoms with van der Waals surface area (Å²) in [6.45, 7) is 3.75. The van der Waals surface area contributed by atoms with E-state index in [1.54, 1.807) is 42.1 Å². The van der Waals surface area contributed by atoms with Crippen LogP contribution in [0, 0.1) is 6.92 Å². The number of amides is 2. The van der Waals surface area contributed by atoms with Crippen LogP contribution in [0.25, 0.3) is 0 Å². The van der Waals surface area contributed by atoms with E-state index in [0.717, 1.165) is 18.5 Å². The first-order chi connectivity index (χ1) is 14.0. The maximum absolute atomic E-state index is 12.4. The zero-order valence-corrected chi connectivity index (χ0v) is 16.9. The number of aryl methyl sites for hydroxylation is 1. The molecule has 1 aliphatic heterocycles. The molecular weight excluding hydrogens is 374 g/mol. The summed E-state index contributed by atoms with van der Waals surface area (Å²) >= 11 is 0. The number of benzene rings is 1. The number of nitrogens with zero attached hydrogens (tertiary/aromatic N) is 2. The van der Waals surface area contributed by atoms with Crippen LogP contribution in [0.3, 0.4) is 0 Å². The number of rotatable bonds is 8. The fourth-order valence-electron chi connectivity index (χ4n) is 3.23. The van der Waals surface area contributed by atoms with Crippen molar-refractivity contribution in [1.29, 1.82) is 0 Å². The van der Waals surface area contributed by atoms with Gasteiger partial charge in [-0.2, -0.15) is 5.10 Å². The van der Waals surface area contributed by atoms with Gasteiger partial charge in [-0.05, 0) is 37.6 Å². The Morgan fingerprint density at radius 3 is 2.72 bits per heavy atom. The van der Waals surface area contributed by atoms with E-state index in [4.69, 9.17) is 9.47 Å². The number of carbonyl (C=O) groups is 2. The van der Waals surface area contributed by atoms with Gasteiger partial charge >= 0.3 is 0 Å². The van der Waals surface area contributed by atoms with Crippen molar-refractivity contribution in [2.24, 2.45) is 0 Å². The number of hydrogen-bond donors (Lipinski definition) is 3. The second-order valence-electron chi connectivity index (χ2n) is 6.95. The lowest BCUT2D eigenvalue weighted by Gasteiger charge is -2.32. The largest absolute Gasteiger partial charge is 0.497 e. The van der Waals surface area contributed by atoms with Crippen molar-refractivity contribution >= 4 is 17.6 Å². The van der Waals surface area contributed by atoms with E-state index in [9.17, 15) is 9.59 Å². The van der Waals surface area contributed by atoms with Gasteiger partial charge in [0.25, 0.3) is 5.91 Å². The van der Waals surface area contributed by atoms with Crippen LogP contribution in [-0.4, -0.2) is 41.4 Å². The fourth-order valence-corrected chi connectivity index (χ4v) is 3.23. The highest BCUT2D eigenvalue weighted by molar-refractivity contribution is 5.91. The zero-order valence-electron chi connectivity index (χ0n) is 16.9. The Kier molecular flexibility index (Phi) is 6.71. The lowest BCUT2D eigenvalue weighted by Crippen LogP contribution is -2.53. The minimum atomic E-state index is -0.515. The van der Waals surface area contributed by atoms with Gasteiger partial charge in [0.15, 0.2) is 12.9 Å². The molecule has 0 radical (unpaired) electrons. The fraction of sp³-hybridized carbons (Fsp3) is 0.450. The molecule has 2 heterocycles. The predicted octanol–water partition coefficient (Wildman–Crippen LogP) is 1.95. The Balaban J connectivity index is 1.63. The number of anilines is 1. The number of carbonyl (C=O) groups excluding carboxylic acids is 2. The molecule has 0 saturated carbocycles. The Morgan fingerprint density at radius 1 is 1.31 bits per heavy atom. The van der Waals surface area contributed by atoms with Gasteiger partial charge in [-0.1, -0.05) is 13.3 Å². The molecule has 9 nitrogen and oxygen atoms in total. The van der Waals surface area contributed by atoms with Crippen LogP contribution in [0.2, 0.25) is 0 Å². The Morgan fingerprint density at radius 2 is 2.03 bits per heavy atom. The maximum Gasteiger partial charge on any atom is 0.263 e. The van der Waals surface area contributed by atoms with E-state index < -0.39 is 6.29 Å². The minimum absolute atomic E-state index is 0.0412. The summed E-state index contributed by atoms with van der Waals surface area (Å²) in [5.74, 6) is 1.40. The monoisotopic (exact) mass is 401 g/mol. The topological polar surface area (TPSA) is 107 Å². The summed E-state index contributed by atoms with van der Waals surface area (Å²) in [6, 6.07) is 8.81. The highest BCUT2D eigenvalue weighted by atomic mass is 16.5. The van der Waals surface area contributed by atoms with Crippen molar-refractivity contribution in [3.05, 3.63) is 36.0 Å². The summed E-state index contributed by atoms with van der Waals surface area (Å²) in [5, 5.41) is 13.5. The third kappa shape index (κ3) is 5.47. The van der Waals surface area contributed by atoms with Crippen molar-refractivity contribution in [3.8, 4) is 11.5 Å². The van der Waals surface area contributed by atoms with Crippen LogP contribution in [0.4, 0.5) is 5.82 Å². The first-order valence-corrected chi connectivity index (χ1v) is 9.66. The summed E-state index contributed by atoms with van der Waals surface area (Å²) in [4.78, 5) is 24.4. The molecule has 156 valence electrons. The summed E-state index contributed by atoms with van der Waals surface area (Å²) in [6.07, 6.45) is 1.78. The Hall–Kier alpha value is -3.07. The van der Waals surface area contributed by atoms with Gasteiger partial charge in [-0.3, -0.25) is 14.9 Å². The molecule has 0 spiro atoms. The molecule has 29 heavy (non-hydrogen) atoms. The quantitative estimate of drug-likeness (QED) is 0.624. The van der Waals surface area contributed by atoms with Crippen LogP contribution in [-0.2, 0) is 9.59 Å². The van der Waals surface area contributed by atoms with Gasteiger partial charge in [0, 0.05) is 18.5 Å². The molecule has 1 saturated heterocycles. The standard InChI is InChI=1S/C20H27N5O4/c1-4-5-14-11-18(26)23-20(21-14)25-17(10-13(2)24-25)22-19(27)12-29-16-8-6-15(28-3)7-9-16/h6-10,14,20-21H,4-5,11-12H2,1-3H3,(H,22,27)(H,23,26). The van der Waals surface area contributed by atoms with Crippen molar-refractivity contribution in [3.63, 3.8) is 0 Å². The summed E-state index contributed by atoms with van der Waals surface area (Å²) in [7, 11) is 1.59. The van der Waals surface area contributed by atoms with Gasteiger partial charge in [0.2, 0.25) is 5.91 Å². The van der Waals surface area contributed by atoms with Crippen molar-refractivity contribution in [2.45, 2.75) is 45.4 Å². The van der Waals surface area contributed by atoms with E-state index in [0.29, 0.717) is 23.7 Å². The van der Waals surface area contributed by atoms with Gasteiger partial charge in [-0.15, -0.1) is 0 Å². The lowest BCUT2D eigenvalue weighted by atomic mass is 10.1. The van der Waals surface area contributed by atoms with Crippen LogP contribution in [0.1, 0.15) is 38.2 Å². The third-order valence-corrected chi connectivity index (χ3v) is 4.56. The van der Waals surface area contributed by atoms with Gasteiger partial charge in [0.05, 0.1) is 12.8 Å². The van der Waals surface area contributed by atoms with Gasteiger partial charge in [-0.25, -0.2) is 4.68 Å². The first-order valence-electron chi connectivity index (χ1n) is 9.66. The van der Waals surface area contributed by atoms with E-state index in [1.165, 1.54) is 0 Å². The molecule has 0 bridgehead atoms. The molecule has 2 amide bonds.